The van der Waals surface area contributed by atoms with E-state index in [1.54, 1.807) is 0 Å². The highest BCUT2D eigenvalue weighted by atomic mass is 79.9. The highest BCUT2D eigenvalue weighted by Gasteiger charge is 2.16. The van der Waals surface area contributed by atoms with Gasteiger partial charge in [-0.05, 0) is 57.4 Å². The average Bonchev–Trinajstić information content (AvgIpc) is 2.43. The van der Waals surface area contributed by atoms with Crippen LogP contribution in [0, 0.1) is 11.6 Å². The minimum Gasteiger partial charge on any atom is -0.366 e. The molecule has 0 saturated carbocycles. The Kier molecular flexibility index (Phi) is 3.53. The fourth-order valence-corrected chi connectivity index (χ4v) is 2.57. The van der Waals surface area contributed by atoms with Gasteiger partial charge in [-0.15, -0.1) is 0 Å². The molecule has 2 aromatic rings. The molecule has 0 aliphatic carbocycles. The van der Waals surface area contributed by atoms with E-state index in [4.69, 9.17) is 0 Å². The third-order valence-electron chi connectivity index (χ3n) is 3.21. The number of fused-ring (bicyclic) bond motifs is 1. The Hall–Kier alpha value is -1.75. The SMILES string of the molecule is Fc1ccc(F)c(CC2=CCNc3nc(Br)ccc32)c1. The Morgan fingerprint density at radius 3 is 2.90 bits per heavy atom. The summed E-state index contributed by atoms with van der Waals surface area (Å²) in [6.07, 6.45) is 2.32. The summed E-state index contributed by atoms with van der Waals surface area (Å²) >= 11 is 3.32. The minimum atomic E-state index is -0.426. The van der Waals surface area contributed by atoms with Gasteiger partial charge in [0.25, 0.3) is 0 Å². The number of anilines is 1. The second kappa shape index (κ2) is 5.32. The van der Waals surface area contributed by atoms with Crippen molar-refractivity contribution in [1.82, 2.24) is 4.98 Å². The van der Waals surface area contributed by atoms with Crippen LogP contribution in [0.15, 0.2) is 41.0 Å². The van der Waals surface area contributed by atoms with Gasteiger partial charge in [0.2, 0.25) is 0 Å². The van der Waals surface area contributed by atoms with Crippen molar-refractivity contribution in [2.75, 3.05) is 11.9 Å². The van der Waals surface area contributed by atoms with Crippen LogP contribution in [0.4, 0.5) is 14.6 Å². The maximum absolute atomic E-state index is 13.7. The third kappa shape index (κ3) is 2.58. The molecule has 0 saturated heterocycles. The first-order chi connectivity index (χ1) is 9.63. The summed E-state index contributed by atoms with van der Waals surface area (Å²) < 4.78 is 27.7. The lowest BCUT2D eigenvalue weighted by Crippen LogP contribution is -2.11. The maximum atomic E-state index is 13.7. The zero-order chi connectivity index (χ0) is 14.1. The lowest BCUT2D eigenvalue weighted by Gasteiger charge is -2.19. The van der Waals surface area contributed by atoms with Crippen molar-refractivity contribution in [3.8, 4) is 0 Å². The number of halogens is 3. The number of hydrogen-bond donors (Lipinski definition) is 1. The first kappa shape index (κ1) is 13.2. The van der Waals surface area contributed by atoms with E-state index in [1.165, 1.54) is 6.07 Å². The molecule has 3 rings (SSSR count). The van der Waals surface area contributed by atoms with Crippen LogP contribution in [-0.2, 0) is 6.42 Å². The van der Waals surface area contributed by atoms with E-state index in [1.807, 2.05) is 18.2 Å². The molecule has 5 heteroatoms. The number of benzene rings is 1. The first-order valence-electron chi connectivity index (χ1n) is 6.17. The molecule has 1 aliphatic heterocycles. The summed E-state index contributed by atoms with van der Waals surface area (Å²) in [4.78, 5) is 4.34. The van der Waals surface area contributed by atoms with Crippen molar-refractivity contribution in [2.24, 2.45) is 0 Å². The molecule has 1 aliphatic rings. The molecule has 1 aromatic heterocycles. The molecule has 2 heterocycles. The summed E-state index contributed by atoms with van der Waals surface area (Å²) in [7, 11) is 0. The zero-order valence-electron chi connectivity index (χ0n) is 10.5. The van der Waals surface area contributed by atoms with Crippen LogP contribution in [0.5, 0.6) is 0 Å². The highest BCUT2D eigenvalue weighted by molar-refractivity contribution is 9.10. The fraction of sp³-hybridized carbons (Fsp3) is 0.133. The lowest BCUT2D eigenvalue weighted by molar-refractivity contribution is 0.589. The molecular formula is C15H11BrF2N2. The van der Waals surface area contributed by atoms with Gasteiger partial charge >= 0.3 is 0 Å². The van der Waals surface area contributed by atoms with Crippen LogP contribution in [0.1, 0.15) is 11.1 Å². The van der Waals surface area contributed by atoms with Gasteiger partial charge in [-0.3, -0.25) is 0 Å². The van der Waals surface area contributed by atoms with E-state index in [-0.39, 0.29) is 0 Å². The summed E-state index contributed by atoms with van der Waals surface area (Å²) in [5.74, 6) is -0.0590. The van der Waals surface area contributed by atoms with Gasteiger partial charge in [0.15, 0.2) is 0 Å². The van der Waals surface area contributed by atoms with Crippen molar-refractivity contribution >= 4 is 27.3 Å². The Bertz CT molecular complexity index is 698. The van der Waals surface area contributed by atoms with Crippen molar-refractivity contribution in [1.29, 1.82) is 0 Å². The molecule has 0 unspecified atom stereocenters. The van der Waals surface area contributed by atoms with E-state index in [9.17, 15) is 8.78 Å². The lowest BCUT2D eigenvalue weighted by atomic mass is 9.96. The topological polar surface area (TPSA) is 24.9 Å². The maximum Gasteiger partial charge on any atom is 0.135 e. The van der Waals surface area contributed by atoms with E-state index in [2.05, 4.69) is 26.2 Å². The number of hydrogen-bond acceptors (Lipinski definition) is 2. The number of pyridine rings is 1. The number of aromatic nitrogens is 1. The molecule has 1 N–H and O–H groups in total. The highest BCUT2D eigenvalue weighted by Crippen LogP contribution is 2.30. The third-order valence-corrected chi connectivity index (χ3v) is 3.66. The molecule has 0 radical (unpaired) electrons. The molecule has 20 heavy (non-hydrogen) atoms. The molecule has 102 valence electrons. The molecule has 2 nitrogen and oxygen atoms in total. The number of nitrogens with one attached hydrogen (secondary N) is 1. The van der Waals surface area contributed by atoms with Gasteiger partial charge in [0.1, 0.15) is 22.1 Å². The van der Waals surface area contributed by atoms with Crippen LogP contribution in [0.3, 0.4) is 0 Å². The van der Waals surface area contributed by atoms with Gasteiger partial charge in [-0.25, -0.2) is 13.8 Å². The monoisotopic (exact) mass is 336 g/mol. The van der Waals surface area contributed by atoms with Crippen LogP contribution in [0.2, 0.25) is 0 Å². The Morgan fingerprint density at radius 2 is 2.05 bits per heavy atom. The van der Waals surface area contributed by atoms with Gasteiger partial charge in [0, 0.05) is 18.5 Å². The zero-order valence-corrected chi connectivity index (χ0v) is 12.0. The summed E-state index contributed by atoms with van der Waals surface area (Å²) in [6.45, 7) is 0.628. The largest absolute Gasteiger partial charge is 0.366 e. The summed E-state index contributed by atoms with van der Waals surface area (Å²) in [5, 5.41) is 3.16. The number of nitrogens with zero attached hydrogens (tertiary/aromatic N) is 1. The Morgan fingerprint density at radius 1 is 1.20 bits per heavy atom. The normalized spacial score (nSPS) is 13.4. The first-order valence-corrected chi connectivity index (χ1v) is 6.96. The summed E-state index contributed by atoms with van der Waals surface area (Å²) in [6, 6.07) is 7.28. The van der Waals surface area contributed by atoms with Gasteiger partial charge < -0.3 is 5.32 Å². The van der Waals surface area contributed by atoms with Crippen LogP contribution in [0.25, 0.3) is 5.57 Å². The standard InChI is InChI=1S/C15H11BrF2N2/c16-14-4-2-12-9(5-6-19-15(12)20-14)7-10-8-11(17)1-3-13(10)18/h1-5,8H,6-7H2,(H,19,20). The summed E-state index contributed by atoms with van der Waals surface area (Å²) in [5.41, 5.74) is 2.22. The Balaban J connectivity index is 1.96. The molecule has 0 atom stereocenters. The quantitative estimate of drug-likeness (QED) is 0.832. The Labute approximate surface area is 123 Å². The van der Waals surface area contributed by atoms with Crippen LogP contribution >= 0.6 is 15.9 Å². The van der Waals surface area contributed by atoms with Gasteiger partial charge in [0.05, 0.1) is 0 Å². The van der Waals surface area contributed by atoms with Crippen molar-refractivity contribution in [3.05, 3.63) is 63.8 Å². The van der Waals surface area contributed by atoms with Crippen LogP contribution in [-0.4, -0.2) is 11.5 Å². The molecular weight excluding hydrogens is 326 g/mol. The van der Waals surface area contributed by atoms with E-state index >= 15 is 0 Å². The van der Waals surface area contributed by atoms with E-state index in [0.717, 1.165) is 33.7 Å². The van der Waals surface area contributed by atoms with Crippen molar-refractivity contribution in [2.45, 2.75) is 6.42 Å². The minimum absolute atomic E-state index is 0.349. The molecule has 0 spiro atoms. The van der Waals surface area contributed by atoms with Gasteiger partial charge in [-0.1, -0.05) is 6.08 Å². The predicted molar refractivity (Wildman–Crippen MR) is 78.5 cm³/mol. The fourth-order valence-electron chi connectivity index (χ4n) is 2.26. The van der Waals surface area contributed by atoms with Crippen LogP contribution < -0.4 is 5.32 Å². The van der Waals surface area contributed by atoms with Gasteiger partial charge in [-0.2, -0.15) is 0 Å². The molecule has 0 bridgehead atoms. The average molecular weight is 337 g/mol. The van der Waals surface area contributed by atoms with Crippen molar-refractivity contribution in [3.63, 3.8) is 0 Å². The molecule has 1 aromatic carbocycles. The second-order valence-corrected chi connectivity index (χ2v) is 5.37. The predicted octanol–water partition coefficient (Wildman–Crippen LogP) is 4.17. The molecule has 0 fully saturated rings. The van der Waals surface area contributed by atoms with E-state index in [0.29, 0.717) is 18.5 Å². The molecule has 0 amide bonds. The number of allylic oxidation sites excluding steroid dienone is 1. The number of rotatable bonds is 2. The smallest absolute Gasteiger partial charge is 0.135 e. The van der Waals surface area contributed by atoms with Crippen molar-refractivity contribution < 1.29 is 8.78 Å². The van der Waals surface area contributed by atoms with E-state index < -0.39 is 11.6 Å². The second-order valence-electron chi connectivity index (χ2n) is 4.55.